The summed E-state index contributed by atoms with van der Waals surface area (Å²) >= 11 is 1.62. The third kappa shape index (κ3) is 5.68. The predicted octanol–water partition coefficient (Wildman–Crippen LogP) is 5.32. The minimum atomic E-state index is -2.44. The van der Waals surface area contributed by atoms with E-state index in [2.05, 4.69) is 5.32 Å². The van der Waals surface area contributed by atoms with E-state index in [4.69, 9.17) is 5.73 Å². The van der Waals surface area contributed by atoms with E-state index in [9.17, 15) is 14.2 Å². The highest BCUT2D eigenvalue weighted by atomic mass is 32.1. The van der Waals surface area contributed by atoms with Crippen molar-refractivity contribution in [3.63, 3.8) is 0 Å². The van der Waals surface area contributed by atoms with Crippen LogP contribution in [0.2, 0.25) is 0 Å². The molecule has 1 aromatic heterocycles. The first-order valence-corrected chi connectivity index (χ1v) is 15.1. The van der Waals surface area contributed by atoms with Crippen LogP contribution in [-0.2, 0) is 15.8 Å². The average molecular weight is 530 g/mol. The zero-order valence-electron chi connectivity index (χ0n) is 20.3. The molecule has 0 saturated carbocycles. The van der Waals surface area contributed by atoms with Crippen LogP contribution in [-0.4, -0.2) is 42.1 Å². The van der Waals surface area contributed by atoms with Crippen molar-refractivity contribution in [1.82, 2.24) is 4.90 Å². The lowest BCUT2D eigenvalue weighted by molar-refractivity contribution is -0.130. The van der Waals surface area contributed by atoms with Gasteiger partial charge in [-0.25, -0.2) is 0 Å². The summed E-state index contributed by atoms with van der Waals surface area (Å²) in [7, 11) is -2.44. The molecule has 1 aliphatic heterocycles. The highest BCUT2D eigenvalue weighted by molar-refractivity contribution is 7.71. The van der Waals surface area contributed by atoms with Gasteiger partial charge in [0.2, 0.25) is 5.91 Å². The first-order valence-electron chi connectivity index (χ1n) is 12.2. The summed E-state index contributed by atoms with van der Waals surface area (Å²) in [6.45, 7) is 0.995. The van der Waals surface area contributed by atoms with Crippen LogP contribution >= 0.6 is 18.5 Å². The van der Waals surface area contributed by atoms with Crippen molar-refractivity contribution in [3.8, 4) is 10.4 Å². The van der Waals surface area contributed by atoms with Gasteiger partial charge >= 0.3 is 0 Å². The predicted molar refractivity (Wildman–Crippen MR) is 152 cm³/mol. The normalized spacial score (nSPS) is 14.8. The fourth-order valence-electron chi connectivity index (χ4n) is 4.51. The number of nitrogen functional groups attached to an aromatic ring is 1. The van der Waals surface area contributed by atoms with Crippen LogP contribution in [0.15, 0.2) is 90.3 Å². The lowest BCUT2D eigenvalue weighted by Crippen LogP contribution is -2.41. The smallest absolute Gasteiger partial charge is 0.255 e. The summed E-state index contributed by atoms with van der Waals surface area (Å²) in [6.07, 6.45) is 1.27. The van der Waals surface area contributed by atoms with Crippen molar-refractivity contribution in [2.45, 2.75) is 6.42 Å². The van der Waals surface area contributed by atoms with Crippen molar-refractivity contribution < 1.29 is 14.2 Å². The third-order valence-electron chi connectivity index (χ3n) is 6.72. The molecule has 2 amide bonds. The topological polar surface area (TPSA) is 92.5 Å². The van der Waals surface area contributed by atoms with Crippen LogP contribution in [0.25, 0.3) is 10.4 Å². The largest absolute Gasteiger partial charge is 0.397 e. The van der Waals surface area contributed by atoms with Crippen molar-refractivity contribution in [2.75, 3.05) is 36.5 Å². The second-order valence-corrected chi connectivity index (χ2v) is 13.3. The van der Waals surface area contributed by atoms with E-state index in [1.165, 1.54) is 0 Å². The fraction of sp³-hybridized carbons (Fsp3) is 0.172. The number of carbonyl (C=O) groups excluding carboxylic acids is 2. The standard InChI is InChI=1S/C29H28N3O3PS/c30-25-13-12-23(27-7-4-18-37-27)20-26(25)31-29(34)22-10-8-21(9-11-22)19-28(33)32-14-16-36(35,17-15-32)24-5-2-1-3-6-24/h1-13,18,20H,14-17,19,30H2,(H,31,34). The van der Waals surface area contributed by atoms with Gasteiger partial charge in [0.25, 0.3) is 5.91 Å². The minimum absolute atomic E-state index is 0.00896. The van der Waals surface area contributed by atoms with E-state index in [1.807, 2.05) is 60.0 Å². The maximum absolute atomic E-state index is 13.3. The van der Waals surface area contributed by atoms with Crippen molar-refractivity contribution in [3.05, 3.63) is 101 Å². The van der Waals surface area contributed by atoms with Crippen molar-refractivity contribution in [1.29, 1.82) is 0 Å². The minimum Gasteiger partial charge on any atom is -0.397 e. The molecule has 37 heavy (non-hydrogen) atoms. The molecule has 1 saturated heterocycles. The van der Waals surface area contributed by atoms with Gasteiger partial charge in [-0.1, -0.05) is 54.6 Å². The lowest BCUT2D eigenvalue weighted by atomic mass is 10.1. The average Bonchev–Trinajstić information content (AvgIpc) is 3.46. The summed E-state index contributed by atoms with van der Waals surface area (Å²) < 4.78 is 13.3. The molecule has 0 radical (unpaired) electrons. The van der Waals surface area contributed by atoms with Gasteiger partial charge < -0.3 is 20.5 Å². The summed E-state index contributed by atoms with van der Waals surface area (Å²) in [5.74, 6) is -0.254. The van der Waals surface area contributed by atoms with E-state index in [1.54, 1.807) is 46.6 Å². The molecule has 6 nitrogen and oxygen atoms in total. The van der Waals surface area contributed by atoms with Gasteiger partial charge in [0.1, 0.15) is 7.14 Å². The number of nitrogens with zero attached hydrogens (tertiary/aromatic N) is 1. The molecule has 3 aromatic carbocycles. The number of thiophene rings is 1. The molecule has 0 unspecified atom stereocenters. The molecule has 1 aliphatic rings. The number of carbonyl (C=O) groups is 2. The van der Waals surface area contributed by atoms with E-state index in [0.717, 1.165) is 21.3 Å². The summed E-state index contributed by atoms with van der Waals surface area (Å²) in [6, 6.07) is 26.2. The summed E-state index contributed by atoms with van der Waals surface area (Å²) in [5.41, 5.74) is 9.46. The van der Waals surface area contributed by atoms with Crippen LogP contribution in [0.5, 0.6) is 0 Å². The molecule has 2 heterocycles. The maximum atomic E-state index is 13.3. The molecule has 3 N–H and O–H groups in total. The van der Waals surface area contributed by atoms with Crippen LogP contribution in [0, 0.1) is 0 Å². The Morgan fingerprint density at radius 2 is 1.65 bits per heavy atom. The molecule has 0 atom stereocenters. The Balaban J connectivity index is 1.18. The molecule has 188 valence electrons. The second kappa shape index (κ2) is 10.8. The first-order chi connectivity index (χ1) is 17.9. The highest BCUT2D eigenvalue weighted by Crippen LogP contribution is 2.46. The van der Waals surface area contributed by atoms with Gasteiger partial charge in [-0.15, -0.1) is 11.3 Å². The zero-order chi connectivity index (χ0) is 25.8. The van der Waals surface area contributed by atoms with Crippen LogP contribution in [0.3, 0.4) is 0 Å². The van der Waals surface area contributed by atoms with E-state index < -0.39 is 7.14 Å². The molecule has 1 fully saturated rings. The fourth-order valence-corrected chi connectivity index (χ4v) is 7.82. The van der Waals surface area contributed by atoms with Gasteiger partial charge in [-0.2, -0.15) is 0 Å². The second-order valence-electron chi connectivity index (χ2n) is 9.16. The number of nitrogens with one attached hydrogen (secondary N) is 1. The Hall–Kier alpha value is -3.67. The highest BCUT2D eigenvalue weighted by Gasteiger charge is 2.32. The molecule has 4 aromatic rings. The number of amides is 2. The number of anilines is 2. The van der Waals surface area contributed by atoms with Crippen LogP contribution in [0.1, 0.15) is 15.9 Å². The number of nitrogens with two attached hydrogens (primary N) is 1. The molecular formula is C29H28N3O3PS. The molecule has 5 rings (SSSR count). The molecule has 0 aliphatic carbocycles. The lowest BCUT2D eigenvalue weighted by Gasteiger charge is -2.32. The van der Waals surface area contributed by atoms with Crippen molar-refractivity contribution >= 4 is 47.0 Å². The van der Waals surface area contributed by atoms with Gasteiger partial charge in [0.05, 0.1) is 17.8 Å². The van der Waals surface area contributed by atoms with Gasteiger partial charge in [-0.3, -0.25) is 9.59 Å². The van der Waals surface area contributed by atoms with Gasteiger partial charge in [-0.05, 0) is 46.8 Å². The molecule has 0 bridgehead atoms. The maximum Gasteiger partial charge on any atom is 0.255 e. The Labute approximate surface area is 220 Å². The molecule has 0 spiro atoms. The number of hydrogen-bond acceptors (Lipinski definition) is 5. The third-order valence-corrected chi connectivity index (χ3v) is 10.7. The van der Waals surface area contributed by atoms with Gasteiger partial charge in [0, 0.05) is 41.2 Å². The number of benzene rings is 3. The van der Waals surface area contributed by atoms with E-state index >= 15 is 0 Å². The van der Waals surface area contributed by atoms with Crippen LogP contribution < -0.4 is 16.4 Å². The Morgan fingerprint density at radius 1 is 0.919 bits per heavy atom. The van der Waals surface area contributed by atoms with Gasteiger partial charge in [0.15, 0.2) is 0 Å². The Kier molecular flexibility index (Phi) is 7.26. The molecular weight excluding hydrogens is 501 g/mol. The summed E-state index contributed by atoms with van der Waals surface area (Å²) in [4.78, 5) is 28.6. The van der Waals surface area contributed by atoms with E-state index in [0.29, 0.717) is 42.4 Å². The summed E-state index contributed by atoms with van der Waals surface area (Å²) in [5, 5.41) is 5.80. The Morgan fingerprint density at radius 3 is 2.32 bits per heavy atom. The Bertz CT molecular complexity index is 1440. The first kappa shape index (κ1) is 25.0. The SMILES string of the molecule is Nc1ccc(-c2cccs2)cc1NC(=O)c1ccc(CC(=O)N2CCP(=O)(c3ccccc3)CC2)cc1. The van der Waals surface area contributed by atoms with Crippen LogP contribution in [0.4, 0.5) is 11.4 Å². The number of hydrogen-bond donors (Lipinski definition) is 2. The number of rotatable bonds is 6. The monoisotopic (exact) mass is 529 g/mol. The quantitative estimate of drug-likeness (QED) is 0.261. The van der Waals surface area contributed by atoms with E-state index in [-0.39, 0.29) is 18.2 Å². The zero-order valence-corrected chi connectivity index (χ0v) is 22.0. The molecule has 8 heteroatoms. The van der Waals surface area contributed by atoms with Crippen molar-refractivity contribution in [2.24, 2.45) is 0 Å².